The number of hydrogen-bond acceptors (Lipinski definition) is 5. The molecule has 0 fully saturated rings. The van der Waals surface area contributed by atoms with Gasteiger partial charge >= 0.3 is 0 Å². The van der Waals surface area contributed by atoms with Crippen LogP contribution in [0.4, 0.5) is 62.6 Å². The molecule has 64 heavy (non-hydrogen) atoms. The van der Waals surface area contributed by atoms with E-state index in [-0.39, 0.29) is 26.9 Å². The molecule has 0 aromatic heterocycles. The van der Waals surface area contributed by atoms with E-state index in [9.17, 15) is 0 Å². The summed E-state index contributed by atoms with van der Waals surface area (Å²) in [6.07, 6.45) is 3.89. The number of fused-ring (bicyclic) bond motifs is 18. The summed E-state index contributed by atoms with van der Waals surface area (Å²) in [7, 11) is 0. The van der Waals surface area contributed by atoms with Crippen LogP contribution in [0, 0.1) is 0 Å². The summed E-state index contributed by atoms with van der Waals surface area (Å²) in [5.41, 5.74) is 32.1. The van der Waals surface area contributed by atoms with Crippen molar-refractivity contribution < 1.29 is 0 Å². The minimum absolute atomic E-state index is 0.163. The van der Waals surface area contributed by atoms with Crippen molar-refractivity contribution in [3.05, 3.63) is 146 Å². The van der Waals surface area contributed by atoms with Gasteiger partial charge in [0.05, 0.1) is 5.69 Å². The van der Waals surface area contributed by atoms with E-state index in [2.05, 4.69) is 170 Å². The van der Waals surface area contributed by atoms with Gasteiger partial charge in [-0.15, -0.1) is 0 Å². The van der Waals surface area contributed by atoms with Crippen LogP contribution in [0.3, 0.4) is 0 Å². The van der Waals surface area contributed by atoms with Crippen molar-refractivity contribution in [3.63, 3.8) is 0 Å². The Morgan fingerprint density at radius 1 is 0.297 bits per heavy atom. The van der Waals surface area contributed by atoms with Crippen molar-refractivity contribution in [3.8, 4) is 0 Å². The lowest BCUT2D eigenvalue weighted by atomic mass is 9.26. The lowest BCUT2D eigenvalue weighted by molar-refractivity contribution is 1.03. The highest BCUT2D eigenvalue weighted by atomic mass is 15.2. The van der Waals surface area contributed by atoms with Gasteiger partial charge < -0.3 is 24.5 Å². The van der Waals surface area contributed by atoms with E-state index in [0.717, 1.165) is 25.8 Å². The first kappa shape index (κ1) is 31.6. The molecule has 10 aliphatic heterocycles. The van der Waals surface area contributed by atoms with Gasteiger partial charge in [0.1, 0.15) is 0 Å². The standard InChI is InChI=1S/C54H32B5N5/c1-9-21-37-29(13-1)56-27-60-28-57-30-14-2-10-22-38(30)64-40-24-12-6-18-34(40)59-32-16-4-8-20-36(32)62-26-55-25-61-35-19-7-3-15-31(35)58-33-17-5-11-23-39(33)63(37)53-46(56)43-41(51(61)48(53)58)45(55)42-44(50(43)60)47(57)54(64)49(59)52(42)62/h1-24H,25-28H2. The van der Waals surface area contributed by atoms with Crippen LogP contribution >= 0.6 is 0 Å². The fraction of sp³-hybridized carbons (Fsp3) is 0.0741. The molecule has 0 atom stereocenters. The van der Waals surface area contributed by atoms with Gasteiger partial charge in [0, 0.05) is 104 Å². The van der Waals surface area contributed by atoms with Crippen LogP contribution in [-0.2, 0) is 0 Å². The van der Waals surface area contributed by atoms with Crippen LogP contribution in [0.1, 0.15) is 0 Å². The maximum Gasteiger partial charge on any atom is 0.252 e. The molecule has 10 heteroatoms. The molecule has 0 amide bonds. The van der Waals surface area contributed by atoms with Gasteiger partial charge in [-0.05, 0) is 91.0 Å². The van der Waals surface area contributed by atoms with Crippen molar-refractivity contribution in [2.75, 3.05) is 50.3 Å². The van der Waals surface area contributed by atoms with Crippen LogP contribution < -0.4 is 84.6 Å². The monoisotopic (exact) mass is 805 g/mol. The molecule has 0 N–H and O–H groups in total. The molecular weight excluding hydrogens is 773 g/mol. The Morgan fingerprint density at radius 3 is 1.08 bits per heavy atom. The SMILES string of the molecule is c1ccc2c(c1)B1c3ccccc3N3c4ccccc4B4CN5CB6c7ccccc7N7c8ccccc8B8c9ccccc9N9CB%10CN2c2c1c3c4c1c5c3c6c7c8c9c3c%10c21. The Labute approximate surface area is 371 Å². The van der Waals surface area contributed by atoms with E-state index in [0.29, 0.717) is 6.71 Å². The van der Waals surface area contributed by atoms with Crippen LogP contribution in [0.25, 0.3) is 21.5 Å². The van der Waals surface area contributed by atoms with Crippen molar-refractivity contribution in [1.82, 2.24) is 0 Å². The van der Waals surface area contributed by atoms with Gasteiger partial charge in [-0.1, -0.05) is 115 Å². The first-order valence-electron chi connectivity index (χ1n) is 23.5. The summed E-state index contributed by atoms with van der Waals surface area (Å²) in [6, 6.07) is 56.6. The molecule has 9 aromatic rings. The van der Waals surface area contributed by atoms with Crippen LogP contribution in [0.5, 0.6) is 0 Å². The number of benzene rings is 9. The molecule has 5 nitrogen and oxygen atoms in total. The number of nitrogens with zero attached hydrogens (tertiary/aromatic N) is 5. The molecule has 10 heterocycles. The maximum absolute atomic E-state index is 2.91. The second-order valence-electron chi connectivity index (χ2n) is 20.1. The van der Waals surface area contributed by atoms with Crippen molar-refractivity contribution >= 4 is 178 Å². The number of rotatable bonds is 0. The Balaban J connectivity index is 1.09. The Hall–Kier alpha value is -7.18. The summed E-state index contributed by atoms with van der Waals surface area (Å²) in [6.45, 7) is 1.17. The Kier molecular flexibility index (Phi) is 5.00. The highest BCUT2D eigenvalue weighted by molar-refractivity contribution is 7.05. The normalized spacial score (nSPS) is 17.4. The largest absolute Gasteiger partial charge is 0.384 e. The maximum atomic E-state index is 2.91. The zero-order valence-corrected chi connectivity index (χ0v) is 34.8. The lowest BCUT2D eigenvalue weighted by Crippen LogP contribution is -2.73. The van der Waals surface area contributed by atoms with E-state index in [1.54, 1.807) is 37.9 Å². The van der Waals surface area contributed by atoms with Gasteiger partial charge in [0.25, 0.3) is 13.4 Å². The van der Waals surface area contributed by atoms with Crippen molar-refractivity contribution in [2.24, 2.45) is 0 Å². The van der Waals surface area contributed by atoms with Gasteiger partial charge in [0.2, 0.25) is 20.1 Å². The third-order valence-electron chi connectivity index (χ3n) is 17.8. The van der Waals surface area contributed by atoms with Gasteiger partial charge in [-0.2, -0.15) is 0 Å². The topological polar surface area (TPSA) is 16.2 Å². The van der Waals surface area contributed by atoms with Crippen molar-refractivity contribution in [2.45, 2.75) is 0 Å². The van der Waals surface area contributed by atoms with E-state index >= 15 is 0 Å². The summed E-state index contributed by atoms with van der Waals surface area (Å²) in [4.78, 5) is 14.0. The number of para-hydroxylation sites is 6. The quantitative estimate of drug-likeness (QED) is 0.173. The first-order chi connectivity index (χ1) is 31.8. The summed E-state index contributed by atoms with van der Waals surface area (Å²) >= 11 is 0. The minimum Gasteiger partial charge on any atom is -0.384 e. The van der Waals surface area contributed by atoms with Gasteiger partial charge in [0.15, 0.2) is 0 Å². The molecule has 10 aliphatic rings. The lowest BCUT2D eigenvalue weighted by Gasteiger charge is -2.57. The molecule has 0 bridgehead atoms. The van der Waals surface area contributed by atoms with Crippen LogP contribution in [0.2, 0.25) is 0 Å². The van der Waals surface area contributed by atoms with E-state index in [1.807, 2.05) is 0 Å². The fourth-order valence-electron chi connectivity index (χ4n) is 16.0. The highest BCUT2D eigenvalue weighted by Crippen LogP contribution is 2.56. The Morgan fingerprint density at radius 2 is 0.641 bits per heavy atom. The predicted octanol–water partition coefficient (Wildman–Crippen LogP) is 3.06. The van der Waals surface area contributed by atoms with E-state index < -0.39 is 0 Å². The molecule has 0 radical (unpaired) electrons. The highest BCUT2D eigenvalue weighted by Gasteiger charge is 2.58. The summed E-state index contributed by atoms with van der Waals surface area (Å²) in [5, 5.41) is 6.20. The minimum atomic E-state index is 0.163. The summed E-state index contributed by atoms with van der Waals surface area (Å²) < 4.78 is 0. The van der Waals surface area contributed by atoms with E-state index in [4.69, 9.17) is 0 Å². The molecule has 0 spiro atoms. The Bertz CT molecular complexity index is 3380. The second-order valence-corrected chi connectivity index (χ2v) is 20.1. The second kappa shape index (κ2) is 10.1. The first-order valence-corrected chi connectivity index (χ1v) is 23.5. The van der Waals surface area contributed by atoms with Gasteiger partial charge in [-0.25, -0.2) is 0 Å². The smallest absolute Gasteiger partial charge is 0.252 e. The molecule has 19 rings (SSSR count). The molecular formula is C54H32B5N5. The third kappa shape index (κ3) is 3.09. The molecule has 9 aromatic carbocycles. The number of anilines is 11. The van der Waals surface area contributed by atoms with Crippen LogP contribution in [0.15, 0.2) is 146 Å². The molecule has 288 valence electrons. The zero-order chi connectivity index (χ0) is 40.6. The van der Waals surface area contributed by atoms with Gasteiger partial charge in [-0.3, -0.25) is 0 Å². The average Bonchev–Trinajstić information content (AvgIpc) is 3.36. The third-order valence-corrected chi connectivity index (χ3v) is 17.8. The molecule has 0 saturated heterocycles. The molecule has 0 unspecified atom stereocenters. The predicted molar refractivity (Wildman–Crippen MR) is 275 cm³/mol. The van der Waals surface area contributed by atoms with E-state index in [1.165, 1.54) is 106 Å². The number of hydrogen-bond donors (Lipinski definition) is 0. The zero-order valence-electron chi connectivity index (χ0n) is 34.8. The molecule has 0 aliphatic carbocycles. The average molecular weight is 805 g/mol. The summed E-state index contributed by atoms with van der Waals surface area (Å²) in [5.74, 6) is 0. The fourth-order valence-corrected chi connectivity index (χ4v) is 16.0. The van der Waals surface area contributed by atoms with Crippen LogP contribution in [-0.4, -0.2) is 59.3 Å². The van der Waals surface area contributed by atoms with Crippen molar-refractivity contribution in [1.29, 1.82) is 0 Å². The molecule has 0 saturated carbocycles.